The molecule has 3 fully saturated rings. The zero-order valence-corrected chi connectivity index (χ0v) is 18.4. The highest BCUT2D eigenvalue weighted by Gasteiger charge is 2.35. The summed E-state index contributed by atoms with van der Waals surface area (Å²) < 4.78 is 5.30. The Balaban J connectivity index is 0.00000196. The number of halogens is 2. The second-order valence-electron chi connectivity index (χ2n) is 8.09. The molecule has 28 heavy (non-hydrogen) atoms. The van der Waals surface area contributed by atoms with E-state index in [0.717, 1.165) is 39.0 Å². The Morgan fingerprint density at radius 3 is 1.96 bits per heavy atom. The fraction of sp³-hybridized carbons (Fsp3) is 0.895. The van der Waals surface area contributed by atoms with Crippen LogP contribution in [0.5, 0.6) is 0 Å². The van der Waals surface area contributed by atoms with E-state index in [-0.39, 0.29) is 42.0 Å². The Kier molecular flexibility index (Phi) is 11.1. The summed E-state index contributed by atoms with van der Waals surface area (Å²) in [4.78, 5) is 31.2. The molecule has 0 atom stereocenters. The van der Waals surface area contributed by atoms with Crippen LogP contribution in [0, 0.1) is 5.41 Å². The number of amides is 2. The number of hydrogen-bond donors (Lipinski definition) is 1. The van der Waals surface area contributed by atoms with Gasteiger partial charge in [0.05, 0.1) is 19.8 Å². The molecule has 3 aliphatic rings. The number of nitrogens with zero attached hydrogens (tertiary/aromatic N) is 3. The molecule has 1 saturated carbocycles. The largest absolute Gasteiger partial charge is 0.378 e. The van der Waals surface area contributed by atoms with E-state index in [4.69, 9.17) is 10.5 Å². The van der Waals surface area contributed by atoms with Crippen LogP contribution in [-0.4, -0.2) is 92.1 Å². The number of carbonyl (C=O) groups is 2. The van der Waals surface area contributed by atoms with Gasteiger partial charge < -0.3 is 20.3 Å². The zero-order valence-electron chi connectivity index (χ0n) is 16.8. The second kappa shape index (κ2) is 12.2. The van der Waals surface area contributed by atoms with E-state index in [9.17, 15) is 9.59 Å². The Labute approximate surface area is 181 Å². The Hall–Kier alpha value is -0.600. The van der Waals surface area contributed by atoms with Crippen molar-refractivity contribution in [1.82, 2.24) is 14.7 Å². The van der Waals surface area contributed by atoms with Crippen molar-refractivity contribution >= 4 is 36.6 Å². The summed E-state index contributed by atoms with van der Waals surface area (Å²) >= 11 is 0. The molecule has 2 saturated heterocycles. The summed E-state index contributed by atoms with van der Waals surface area (Å²) in [6.07, 6.45) is 6.43. The van der Waals surface area contributed by atoms with Crippen LogP contribution < -0.4 is 5.73 Å². The molecule has 0 unspecified atom stereocenters. The maximum atomic E-state index is 12.8. The topological polar surface area (TPSA) is 79.1 Å². The first-order valence-electron chi connectivity index (χ1n) is 10.2. The van der Waals surface area contributed by atoms with Crippen LogP contribution in [0.1, 0.15) is 38.5 Å². The van der Waals surface area contributed by atoms with Gasteiger partial charge in [-0.1, -0.05) is 19.3 Å². The third-order valence-corrected chi connectivity index (χ3v) is 6.32. The first kappa shape index (κ1) is 25.4. The molecule has 7 nitrogen and oxygen atoms in total. The van der Waals surface area contributed by atoms with Gasteiger partial charge >= 0.3 is 0 Å². The van der Waals surface area contributed by atoms with Crippen molar-refractivity contribution in [1.29, 1.82) is 0 Å². The number of carbonyl (C=O) groups excluding carboxylic acids is 2. The van der Waals surface area contributed by atoms with Gasteiger partial charge in [0, 0.05) is 45.7 Å². The molecule has 0 spiro atoms. The van der Waals surface area contributed by atoms with Gasteiger partial charge in [-0.25, -0.2) is 0 Å². The average molecular weight is 439 g/mol. The summed E-state index contributed by atoms with van der Waals surface area (Å²) in [6.45, 7) is 6.72. The Morgan fingerprint density at radius 2 is 1.39 bits per heavy atom. The monoisotopic (exact) mass is 438 g/mol. The molecule has 0 aromatic heterocycles. The van der Waals surface area contributed by atoms with Crippen LogP contribution in [-0.2, 0) is 14.3 Å². The highest BCUT2D eigenvalue weighted by molar-refractivity contribution is 5.85. The minimum atomic E-state index is 0. The van der Waals surface area contributed by atoms with Crippen molar-refractivity contribution in [2.75, 3.05) is 65.6 Å². The van der Waals surface area contributed by atoms with E-state index in [2.05, 4.69) is 4.90 Å². The maximum Gasteiger partial charge on any atom is 0.236 e. The normalized spacial score (nSPS) is 22.8. The fourth-order valence-corrected chi connectivity index (χ4v) is 4.45. The molecule has 2 heterocycles. The van der Waals surface area contributed by atoms with E-state index in [0.29, 0.717) is 45.8 Å². The lowest BCUT2D eigenvalue weighted by atomic mass is 9.71. The Morgan fingerprint density at radius 1 is 0.821 bits per heavy atom. The number of rotatable bonds is 5. The predicted octanol–water partition coefficient (Wildman–Crippen LogP) is 1.13. The number of morpholine rings is 1. The third-order valence-electron chi connectivity index (χ3n) is 6.32. The van der Waals surface area contributed by atoms with Crippen LogP contribution in [0.2, 0.25) is 0 Å². The van der Waals surface area contributed by atoms with E-state index in [1.165, 1.54) is 19.3 Å². The highest BCUT2D eigenvalue weighted by Crippen LogP contribution is 2.38. The van der Waals surface area contributed by atoms with Crippen molar-refractivity contribution in [3.63, 3.8) is 0 Å². The van der Waals surface area contributed by atoms with E-state index >= 15 is 0 Å². The van der Waals surface area contributed by atoms with E-state index in [1.54, 1.807) is 0 Å². The van der Waals surface area contributed by atoms with Crippen molar-refractivity contribution in [3.8, 4) is 0 Å². The minimum Gasteiger partial charge on any atom is -0.378 e. The van der Waals surface area contributed by atoms with Gasteiger partial charge in [0.25, 0.3) is 0 Å². The number of nitrogens with two attached hydrogens (primary N) is 1. The van der Waals surface area contributed by atoms with Gasteiger partial charge in [0.1, 0.15) is 0 Å². The van der Waals surface area contributed by atoms with Gasteiger partial charge in [0.15, 0.2) is 0 Å². The predicted molar refractivity (Wildman–Crippen MR) is 114 cm³/mol. The lowest BCUT2D eigenvalue weighted by molar-refractivity contribution is -0.138. The summed E-state index contributed by atoms with van der Waals surface area (Å²) in [5.41, 5.74) is 6.06. The van der Waals surface area contributed by atoms with Gasteiger partial charge in [-0.05, 0) is 24.8 Å². The first-order chi connectivity index (χ1) is 12.6. The van der Waals surface area contributed by atoms with Crippen molar-refractivity contribution in [2.45, 2.75) is 38.5 Å². The molecule has 2 amide bonds. The Bertz CT molecular complexity index is 490. The van der Waals surface area contributed by atoms with E-state index < -0.39 is 0 Å². The molecule has 2 N–H and O–H groups in total. The highest BCUT2D eigenvalue weighted by atomic mass is 35.5. The quantitative estimate of drug-likeness (QED) is 0.695. The lowest BCUT2D eigenvalue weighted by Crippen LogP contribution is -2.53. The van der Waals surface area contributed by atoms with Crippen LogP contribution in [0.3, 0.4) is 0 Å². The number of piperazine rings is 1. The second-order valence-corrected chi connectivity index (χ2v) is 8.09. The molecule has 1 aliphatic carbocycles. The van der Waals surface area contributed by atoms with Gasteiger partial charge in [-0.3, -0.25) is 14.5 Å². The van der Waals surface area contributed by atoms with Crippen LogP contribution >= 0.6 is 24.8 Å². The van der Waals surface area contributed by atoms with Crippen molar-refractivity contribution in [3.05, 3.63) is 0 Å². The van der Waals surface area contributed by atoms with Crippen LogP contribution in [0.4, 0.5) is 0 Å². The summed E-state index contributed by atoms with van der Waals surface area (Å²) in [7, 11) is 0. The molecular weight excluding hydrogens is 403 g/mol. The van der Waals surface area contributed by atoms with Crippen molar-refractivity contribution in [2.24, 2.45) is 11.1 Å². The minimum absolute atomic E-state index is 0. The molecule has 9 heteroatoms. The lowest BCUT2D eigenvalue weighted by Gasteiger charge is -2.40. The third kappa shape index (κ3) is 6.73. The molecule has 0 bridgehead atoms. The molecule has 0 aromatic carbocycles. The standard InChI is InChI=1S/C19H34N4O3.2ClH/c20-16-19(4-2-1-3-5-19)14-17(24)22-8-6-21(7-9-22)15-18(25)23-10-12-26-13-11-23;;/h1-16,20H2;2*1H. The number of hydrogen-bond acceptors (Lipinski definition) is 5. The average Bonchev–Trinajstić information content (AvgIpc) is 2.70. The zero-order chi connectivity index (χ0) is 18.4. The molecule has 3 rings (SSSR count). The van der Waals surface area contributed by atoms with Gasteiger partial charge in [0.2, 0.25) is 11.8 Å². The van der Waals surface area contributed by atoms with Crippen LogP contribution in [0.25, 0.3) is 0 Å². The van der Waals surface area contributed by atoms with E-state index in [1.807, 2.05) is 9.80 Å². The van der Waals surface area contributed by atoms with Crippen LogP contribution in [0.15, 0.2) is 0 Å². The summed E-state index contributed by atoms with van der Waals surface area (Å²) in [6, 6.07) is 0. The maximum absolute atomic E-state index is 12.8. The van der Waals surface area contributed by atoms with Gasteiger partial charge in [-0.2, -0.15) is 0 Å². The van der Waals surface area contributed by atoms with Crippen molar-refractivity contribution < 1.29 is 14.3 Å². The SMILES string of the molecule is Cl.Cl.NCC1(CC(=O)N2CCN(CC(=O)N3CCOCC3)CC2)CCCCC1. The molecule has 0 radical (unpaired) electrons. The van der Waals surface area contributed by atoms with Gasteiger partial charge in [-0.15, -0.1) is 24.8 Å². The molecule has 164 valence electrons. The molecular formula is C19H36Cl2N4O3. The number of ether oxygens (including phenoxy) is 1. The smallest absolute Gasteiger partial charge is 0.236 e. The summed E-state index contributed by atoms with van der Waals surface area (Å²) in [5.74, 6) is 0.425. The summed E-state index contributed by atoms with van der Waals surface area (Å²) in [5, 5.41) is 0. The first-order valence-corrected chi connectivity index (χ1v) is 10.2. The fourth-order valence-electron chi connectivity index (χ4n) is 4.45. The molecule has 0 aromatic rings. The molecule has 2 aliphatic heterocycles.